The molecule has 0 unspecified atom stereocenters. The van der Waals surface area contributed by atoms with Crippen molar-refractivity contribution in [3.63, 3.8) is 0 Å². The first-order valence-corrected chi connectivity index (χ1v) is 18.4. The molecule has 8 heteroatoms. The Hall–Kier alpha value is -5.50. The van der Waals surface area contributed by atoms with E-state index in [2.05, 4.69) is 10.3 Å². The molecular formula is C44H43N3O5. The van der Waals surface area contributed by atoms with E-state index in [1.165, 1.54) is 56.7 Å². The Morgan fingerprint density at radius 2 is 1.19 bits per heavy atom. The van der Waals surface area contributed by atoms with Crippen LogP contribution < -0.4 is 5.32 Å². The lowest BCUT2D eigenvalue weighted by Crippen LogP contribution is -2.46. The average Bonchev–Trinajstić information content (AvgIpc) is 3.60. The number of H-pyrrole nitrogens is 1. The minimum Gasteiger partial charge on any atom is -0.457 e. The van der Waals surface area contributed by atoms with Crippen LogP contribution in [-0.4, -0.2) is 27.8 Å². The third-order valence-electron chi connectivity index (χ3n) is 11.2. The van der Waals surface area contributed by atoms with Crippen molar-refractivity contribution in [2.24, 2.45) is 23.2 Å². The number of aryl methyl sites for hydroxylation is 1. The largest absolute Gasteiger partial charge is 0.457 e. The first kappa shape index (κ1) is 33.6. The highest BCUT2D eigenvalue weighted by Crippen LogP contribution is 2.61. The van der Waals surface area contributed by atoms with E-state index in [0.29, 0.717) is 16.9 Å². The van der Waals surface area contributed by atoms with Gasteiger partial charge in [-0.3, -0.25) is 4.79 Å². The van der Waals surface area contributed by atoms with Gasteiger partial charge in [0, 0.05) is 16.9 Å². The predicted molar refractivity (Wildman–Crippen MR) is 198 cm³/mol. The minimum absolute atomic E-state index is 0.0622. The SMILES string of the molecule is O=C(OCc1ccccc1)c1cc(NC(=O)c2nc(-c3ccccc3)[nH]c2CCC23CC4CC(CC(C4)C2)C3)cc(C(=O)OCc2ccccc2)c1. The Morgan fingerprint density at radius 1 is 0.692 bits per heavy atom. The molecule has 1 amide bonds. The quantitative estimate of drug-likeness (QED) is 0.126. The summed E-state index contributed by atoms with van der Waals surface area (Å²) in [5.74, 6) is 1.49. The summed E-state index contributed by atoms with van der Waals surface area (Å²) < 4.78 is 11.2. The summed E-state index contributed by atoms with van der Waals surface area (Å²) in [5, 5.41) is 2.96. The van der Waals surface area contributed by atoms with Crippen molar-refractivity contribution in [3.05, 3.63) is 143 Å². The second-order valence-electron chi connectivity index (χ2n) is 15.1. The van der Waals surface area contributed by atoms with Gasteiger partial charge in [-0.15, -0.1) is 0 Å². The van der Waals surface area contributed by atoms with Gasteiger partial charge in [0.1, 0.15) is 24.7 Å². The lowest BCUT2D eigenvalue weighted by Gasteiger charge is -2.57. The molecule has 0 radical (unpaired) electrons. The van der Waals surface area contributed by atoms with Crippen molar-refractivity contribution in [2.45, 2.75) is 64.6 Å². The van der Waals surface area contributed by atoms with Crippen LogP contribution >= 0.6 is 0 Å². The summed E-state index contributed by atoms with van der Waals surface area (Å²) in [7, 11) is 0. The van der Waals surface area contributed by atoms with Gasteiger partial charge in [0.15, 0.2) is 0 Å². The van der Waals surface area contributed by atoms with Crippen molar-refractivity contribution >= 4 is 23.5 Å². The van der Waals surface area contributed by atoms with Gasteiger partial charge in [-0.05, 0) is 104 Å². The zero-order valence-electron chi connectivity index (χ0n) is 29.2. The maximum Gasteiger partial charge on any atom is 0.338 e. The van der Waals surface area contributed by atoms with Crippen molar-refractivity contribution in [2.75, 3.05) is 5.32 Å². The normalized spacial score (nSPS) is 21.4. The van der Waals surface area contributed by atoms with E-state index in [1.807, 2.05) is 91.0 Å². The molecule has 52 heavy (non-hydrogen) atoms. The van der Waals surface area contributed by atoms with Gasteiger partial charge in [0.2, 0.25) is 0 Å². The van der Waals surface area contributed by atoms with Crippen molar-refractivity contribution in [1.82, 2.24) is 9.97 Å². The van der Waals surface area contributed by atoms with Gasteiger partial charge < -0.3 is 19.8 Å². The second-order valence-corrected chi connectivity index (χ2v) is 15.1. The summed E-state index contributed by atoms with van der Waals surface area (Å²) in [5.41, 5.74) is 4.51. The molecule has 0 spiro atoms. The number of benzene rings is 4. The fraction of sp³-hybridized carbons (Fsp3) is 0.318. The first-order valence-electron chi connectivity index (χ1n) is 18.4. The molecule has 9 rings (SSSR count). The van der Waals surface area contributed by atoms with Crippen LogP contribution in [0.3, 0.4) is 0 Å². The summed E-state index contributed by atoms with van der Waals surface area (Å²) in [6, 6.07) is 33.0. The van der Waals surface area contributed by atoms with Crippen LogP contribution in [0.5, 0.6) is 0 Å². The molecule has 4 aliphatic carbocycles. The van der Waals surface area contributed by atoms with Crippen LogP contribution in [0.1, 0.15) is 93.0 Å². The first-order chi connectivity index (χ1) is 25.4. The summed E-state index contributed by atoms with van der Waals surface area (Å²) in [6.07, 6.45) is 9.76. The van der Waals surface area contributed by atoms with Gasteiger partial charge in [-0.25, -0.2) is 14.6 Å². The Morgan fingerprint density at radius 3 is 1.71 bits per heavy atom. The van der Waals surface area contributed by atoms with Crippen molar-refractivity contribution in [3.8, 4) is 11.4 Å². The molecule has 264 valence electrons. The molecule has 4 fully saturated rings. The van der Waals surface area contributed by atoms with Gasteiger partial charge in [0.05, 0.1) is 11.1 Å². The molecule has 4 aromatic carbocycles. The second kappa shape index (κ2) is 14.6. The van der Waals surface area contributed by atoms with Gasteiger partial charge in [-0.1, -0.05) is 91.0 Å². The molecule has 1 heterocycles. The Kier molecular flexibility index (Phi) is 9.46. The molecule has 4 saturated carbocycles. The lowest BCUT2D eigenvalue weighted by atomic mass is 9.48. The number of aromatic amines is 1. The van der Waals surface area contributed by atoms with Crippen molar-refractivity contribution < 1.29 is 23.9 Å². The van der Waals surface area contributed by atoms with Crippen LogP contribution in [0.25, 0.3) is 11.4 Å². The fourth-order valence-corrected chi connectivity index (χ4v) is 9.24. The molecule has 0 saturated heterocycles. The molecule has 2 N–H and O–H groups in total. The van der Waals surface area contributed by atoms with E-state index in [4.69, 9.17) is 14.5 Å². The maximum absolute atomic E-state index is 14.2. The van der Waals surface area contributed by atoms with Crippen LogP contribution in [-0.2, 0) is 29.1 Å². The highest BCUT2D eigenvalue weighted by atomic mass is 16.5. The zero-order valence-corrected chi connectivity index (χ0v) is 29.2. The molecule has 0 atom stereocenters. The van der Waals surface area contributed by atoms with Gasteiger partial charge in [0.25, 0.3) is 5.91 Å². The lowest BCUT2D eigenvalue weighted by molar-refractivity contribution is -0.0570. The number of aromatic nitrogens is 2. The Labute approximate surface area is 304 Å². The van der Waals surface area contributed by atoms with E-state index in [0.717, 1.165) is 53.0 Å². The van der Waals surface area contributed by atoms with Crippen LogP contribution in [0.2, 0.25) is 0 Å². The third-order valence-corrected chi connectivity index (χ3v) is 11.2. The number of nitrogens with zero attached hydrogens (tertiary/aromatic N) is 1. The smallest absolute Gasteiger partial charge is 0.338 e. The average molecular weight is 694 g/mol. The van der Waals surface area contributed by atoms with Crippen LogP contribution in [0.15, 0.2) is 109 Å². The molecule has 1 aromatic heterocycles. The molecular weight excluding hydrogens is 651 g/mol. The maximum atomic E-state index is 14.2. The van der Waals surface area contributed by atoms with E-state index < -0.39 is 17.8 Å². The van der Waals surface area contributed by atoms with E-state index in [-0.39, 0.29) is 30.0 Å². The van der Waals surface area contributed by atoms with Crippen molar-refractivity contribution in [1.29, 1.82) is 0 Å². The number of hydrogen-bond acceptors (Lipinski definition) is 6. The summed E-state index contributed by atoms with van der Waals surface area (Å²) in [4.78, 5) is 49.2. The van der Waals surface area contributed by atoms with E-state index >= 15 is 0 Å². The number of rotatable bonds is 12. The van der Waals surface area contributed by atoms with Gasteiger partial charge >= 0.3 is 11.9 Å². The number of imidazole rings is 1. The summed E-state index contributed by atoms with van der Waals surface area (Å²) in [6.45, 7) is 0.124. The van der Waals surface area contributed by atoms with Crippen LogP contribution in [0, 0.1) is 23.2 Å². The molecule has 4 aliphatic rings. The highest BCUT2D eigenvalue weighted by molar-refractivity contribution is 6.06. The minimum atomic E-state index is -0.626. The standard InChI is InChI=1S/C44H43N3O5/c48-41(39-38(46-40(47-39)34-14-8-3-9-15-34)16-17-44-24-31-18-32(25-44)20-33(19-31)26-44)45-37-22-35(42(49)51-27-29-10-4-1-5-11-29)21-36(23-37)43(50)52-28-30-12-6-2-7-13-30/h1-15,21-23,31-33H,16-20,24-28H2,(H,45,48)(H,46,47). The topological polar surface area (TPSA) is 110 Å². The molecule has 5 aromatic rings. The Bertz CT molecular complexity index is 1950. The summed E-state index contributed by atoms with van der Waals surface area (Å²) >= 11 is 0. The number of hydrogen-bond donors (Lipinski definition) is 2. The molecule has 0 aliphatic heterocycles. The Balaban J connectivity index is 1.06. The number of carbonyl (C=O) groups excluding carboxylic acids is 3. The highest BCUT2D eigenvalue weighted by Gasteiger charge is 2.50. The zero-order chi connectivity index (χ0) is 35.5. The predicted octanol–water partition coefficient (Wildman–Crippen LogP) is 9.19. The number of ether oxygens (including phenoxy) is 2. The van der Waals surface area contributed by atoms with E-state index in [9.17, 15) is 14.4 Å². The van der Waals surface area contributed by atoms with E-state index in [1.54, 1.807) is 0 Å². The fourth-order valence-electron chi connectivity index (χ4n) is 9.24. The number of carbonyl (C=O) groups is 3. The molecule has 4 bridgehead atoms. The number of esters is 2. The molecule has 8 nitrogen and oxygen atoms in total. The number of nitrogens with one attached hydrogen (secondary N) is 2. The van der Waals surface area contributed by atoms with Gasteiger partial charge in [-0.2, -0.15) is 0 Å². The van der Waals surface area contributed by atoms with Crippen LogP contribution in [0.4, 0.5) is 5.69 Å². The number of anilines is 1. The number of amides is 1. The third kappa shape index (κ3) is 7.57. The monoisotopic (exact) mass is 693 g/mol.